The number of hydrogen-bond donors (Lipinski definition) is 1. The SMILES string of the molecule is CSC(C)(S)CCN1CCCC1. The lowest BCUT2D eigenvalue weighted by atomic mass is 10.3. The topological polar surface area (TPSA) is 3.24 Å². The van der Waals surface area contributed by atoms with E-state index in [9.17, 15) is 0 Å². The highest BCUT2D eigenvalue weighted by Crippen LogP contribution is 2.30. The van der Waals surface area contributed by atoms with Crippen molar-refractivity contribution < 1.29 is 0 Å². The summed E-state index contributed by atoms with van der Waals surface area (Å²) in [5, 5.41) is 0. The third kappa shape index (κ3) is 3.58. The van der Waals surface area contributed by atoms with Crippen molar-refractivity contribution in [2.24, 2.45) is 0 Å². The zero-order valence-electron chi connectivity index (χ0n) is 8.05. The van der Waals surface area contributed by atoms with E-state index in [1.165, 1.54) is 38.9 Å². The van der Waals surface area contributed by atoms with Gasteiger partial charge in [0.2, 0.25) is 0 Å². The van der Waals surface area contributed by atoms with Gasteiger partial charge >= 0.3 is 0 Å². The third-order valence-electron chi connectivity index (χ3n) is 2.53. The van der Waals surface area contributed by atoms with Gasteiger partial charge in [-0.3, -0.25) is 0 Å². The molecule has 1 heterocycles. The minimum atomic E-state index is 0.169. The first-order valence-corrected chi connectivity index (χ1v) is 6.31. The van der Waals surface area contributed by atoms with E-state index in [1.54, 1.807) is 0 Å². The highest BCUT2D eigenvalue weighted by molar-refractivity contribution is 8.11. The van der Waals surface area contributed by atoms with Crippen LogP contribution in [0.1, 0.15) is 26.2 Å². The summed E-state index contributed by atoms with van der Waals surface area (Å²) >= 11 is 6.44. The molecule has 0 spiro atoms. The Hall–Kier alpha value is 0.660. The van der Waals surface area contributed by atoms with E-state index in [0.29, 0.717) is 0 Å². The molecule has 0 bridgehead atoms. The second kappa shape index (κ2) is 4.77. The summed E-state index contributed by atoms with van der Waals surface area (Å²) in [7, 11) is 0. The van der Waals surface area contributed by atoms with E-state index in [1.807, 2.05) is 11.8 Å². The minimum Gasteiger partial charge on any atom is -0.303 e. The summed E-state index contributed by atoms with van der Waals surface area (Å²) in [6.07, 6.45) is 6.11. The second-order valence-electron chi connectivity index (χ2n) is 3.68. The Labute approximate surface area is 85.7 Å². The zero-order valence-corrected chi connectivity index (χ0v) is 9.76. The van der Waals surface area contributed by atoms with Crippen molar-refractivity contribution in [3.05, 3.63) is 0 Å². The second-order valence-corrected chi connectivity index (χ2v) is 6.28. The molecule has 0 aromatic rings. The molecule has 1 unspecified atom stereocenters. The van der Waals surface area contributed by atoms with Crippen LogP contribution in [0.5, 0.6) is 0 Å². The number of rotatable bonds is 4. The molecule has 12 heavy (non-hydrogen) atoms. The van der Waals surface area contributed by atoms with E-state index in [-0.39, 0.29) is 4.08 Å². The average Bonchev–Trinajstić information content (AvgIpc) is 2.53. The average molecular weight is 205 g/mol. The molecule has 0 N–H and O–H groups in total. The Bertz CT molecular complexity index is 130. The van der Waals surface area contributed by atoms with Crippen molar-refractivity contribution in [1.29, 1.82) is 0 Å². The lowest BCUT2D eigenvalue weighted by Gasteiger charge is -2.24. The minimum absolute atomic E-state index is 0.169. The summed E-state index contributed by atoms with van der Waals surface area (Å²) in [6, 6.07) is 0. The van der Waals surface area contributed by atoms with Gasteiger partial charge in [0.15, 0.2) is 0 Å². The van der Waals surface area contributed by atoms with E-state index >= 15 is 0 Å². The molecule has 1 rings (SSSR count). The van der Waals surface area contributed by atoms with Gasteiger partial charge in [-0.2, -0.15) is 12.6 Å². The molecule has 0 saturated carbocycles. The maximum absolute atomic E-state index is 4.60. The van der Waals surface area contributed by atoms with Crippen LogP contribution in [0.2, 0.25) is 0 Å². The molecular weight excluding hydrogens is 186 g/mol. The standard InChI is InChI=1S/C9H19NS2/c1-9(11,12-2)5-8-10-6-3-4-7-10/h11H,3-8H2,1-2H3. The van der Waals surface area contributed by atoms with Crippen LogP contribution >= 0.6 is 24.4 Å². The van der Waals surface area contributed by atoms with Crippen molar-refractivity contribution in [3.63, 3.8) is 0 Å². The molecule has 0 radical (unpaired) electrons. The Morgan fingerprint density at radius 3 is 2.50 bits per heavy atom. The van der Waals surface area contributed by atoms with Crippen LogP contribution in [-0.2, 0) is 0 Å². The largest absolute Gasteiger partial charge is 0.303 e. The highest BCUT2D eigenvalue weighted by Gasteiger charge is 2.19. The molecule has 1 nitrogen and oxygen atoms in total. The van der Waals surface area contributed by atoms with Gasteiger partial charge in [0.05, 0.1) is 4.08 Å². The zero-order chi connectivity index (χ0) is 9.03. The van der Waals surface area contributed by atoms with Gasteiger partial charge in [-0.1, -0.05) is 0 Å². The summed E-state index contributed by atoms with van der Waals surface area (Å²) in [5.41, 5.74) is 0. The van der Waals surface area contributed by atoms with Crippen LogP contribution in [0.25, 0.3) is 0 Å². The van der Waals surface area contributed by atoms with Crippen molar-refractivity contribution >= 4 is 24.4 Å². The fourth-order valence-electron chi connectivity index (χ4n) is 1.47. The Morgan fingerprint density at radius 2 is 2.00 bits per heavy atom. The number of nitrogens with zero attached hydrogens (tertiary/aromatic N) is 1. The molecule has 1 aliphatic heterocycles. The number of hydrogen-bond acceptors (Lipinski definition) is 3. The van der Waals surface area contributed by atoms with Crippen LogP contribution in [-0.4, -0.2) is 34.9 Å². The van der Waals surface area contributed by atoms with Gasteiger partial charge < -0.3 is 4.90 Å². The molecular formula is C9H19NS2. The first-order valence-electron chi connectivity index (χ1n) is 4.64. The van der Waals surface area contributed by atoms with Crippen molar-refractivity contribution in [2.75, 3.05) is 25.9 Å². The first-order chi connectivity index (χ1) is 5.64. The van der Waals surface area contributed by atoms with E-state index in [4.69, 9.17) is 0 Å². The van der Waals surface area contributed by atoms with Crippen LogP contribution in [0.3, 0.4) is 0 Å². The Kier molecular flexibility index (Phi) is 4.27. The summed E-state index contributed by atoms with van der Waals surface area (Å²) < 4.78 is 0.169. The lowest BCUT2D eigenvalue weighted by Crippen LogP contribution is -2.25. The van der Waals surface area contributed by atoms with E-state index in [0.717, 1.165) is 0 Å². The highest BCUT2D eigenvalue weighted by atomic mass is 32.2. The normalized spacial score (nSPS) is 24.2. The maximum Gasteiger partial charge on any atom is 0.0562 e. The maximum atomic E-state index is 4.60. The van der Waals surface area contributed by atoms with Crippen LogP contribution in [0.4, 0.5) is 0 Å². The fraction of sp³-hybridized carbons (Fsp3) is 1.00. The van der Waals surface area contributed by atoms with Gasteiger partial charge in [-0.15, -0.1) is 11.8 Å². The van der Waals surface area contributed by atoms with E-state index in [2.05, 4.69) is 30.7 Å². The molecule has 1 atom stereocenters. The van der Waals surface area contributed by atoms with Crippen molar-refractivity contribution in [1.82, 2.24) is 4.90 Å². The predicted molar refractivity (Wildman–Crippen MR) is 61.2 cm³/mol. The molecule has 0 aliphatic carbocycles. The molecule has 0 aromatic carbocycles. The molecule has 72 valence electrons. The van der Waals surface area contributed by atoms with Crippen LogP contribution < -0.4 is 0 Å². The molecule has 1 aliphatic rings. The number of likely N-dealkylation sites (tertiary alicyclic amines) is 1. The summed E-state index contributed by atoms with van der Waals surface area (Å²) in [5.74, 6) is 0. The van der Waals surface area contributed by atoms with Gasteiger partial charge in [0.1, 0.15) is 0 Å². The molecule has 1 saturated heterocycles. The summed E-state index contributed by atoms with van der Waals surface area (Å²) in [4.78, 5) is 2.55. The van der Waals surface area contributed by atoms with Crippen molar-refractivity contribution in [2.45, 2.75) is 30.3 Å². The van der Waals surface area contributed by atoms with Crippen LogP contribution in [0, 0.1) is 0 Å². The number of thiol groups is 1. The first kappa shape index (κ1) is 10.7. The molecule has 0 aromatic heterocycles. The quantitative estimate of drug-likeness (QED) is 0.555. The Morgan fingerprint density at radius 1 is 1.42 bits per heavy atom. The van der Waals surface area contributed by atoms with Crippen LogP contribution in [0.15, 0.2) is 0 Å². The Balaban J connectivity index is 2.15. The van der Waals surface area contributed by atoms with Gasteiger partial charge in [0, 0.05) is 6.54 Å². The molecule has 0 amide bonds. The van der Waals surface area contributed by atoms with Gasteiger partial charge in [-0.05, 0) is 45.5 Å². The monoisotopic (exact) mass is 205 g/mol. The third-order valence-corrected chi connectivity index (χ3v) is 4.39. The molecule has 1 fully saturated rings. The predicted octanol–water partition coefficient (Wildman–Crippen LogP) is 2.48. The van der Waals surface area contributed by atoms with Gasteiger partial charge in [0.25, 0.3) is 0 Å². The molecule has 3 heteroatoms. The van der Waals surface area contributed by atoms with Gasteiger partial charge in [-0.25, -0.2) is 0 Å². The number of thioether (sulfide) groups is 1. The van der Waals surface area contributed by atoms with Crippen molar-refractivity contribution in [3.8, 4) is 0 Å². The lowest BCUT2D eigenvalue weighted by molar-refractivity contribution is 0.331. The smallest absolute Gasteiger partial charge is 0.0562 e. The van der Waals surface area contributed by atoms with E-state index < -0.39 is 0 Å². The fourth-order valence-corrected chi connectivity index (χ4v) is 1.87. The summed E-state index contributed by atoms with van der Waals surface area (Å²) in [6.45, 7) is 6.04.